The van der Waals surface area contributed by atoms with Crippen LogP contribution in [-0.4, -0.2) is 30.4 Å². The first-order valence-corrected chi connectivity index (χ1v) is 13.3. The number of rotatable bonds is 8. The summed E-state index contributed by atoms with van der Waals surface area (Å²) >= 11 is 19.5. The van der Waals surface area contributed by atoms with Crippen molar-refractivity contribution in [3.63, 3.8) is 0 Å². The molecule has 1 aliphatic heterocycles. The van der Waals surface area contributed by atoms with E-state index in [1.807, 2.05) is 12.1 Å². The van der Waals surface area contributed by atoms with E-state index in [4.69, 9.17) is 40.5 Å². The van der Waals surface area contributed by atoms with Gasteiger partial charge in [-0.2, -0.15) is 0 Å². The molecule has 0 aliphatic carbocycles. The molecule has 0 spiro atoms. The third-order valence-electron chi connectivity index (χ3n) is 6.70. The SMILES string of the molecule is C=CC(=O)N1CC(CNc2cc(Cl)c(-c3cc(N)c(Cl)cc3Cl)cc2Nc2c(C)cccc2C(C)C)C1. The molecule has 0 radical (unpaired) electrons. The number of hydrogen-bond donors (Lipinski definition) is 3. The second-order valence-electron chi connectivity index (χ2n) is 9.74. The minimum Gasteiger partial charge on any atom is -0.398 e. The molecule has 5 nitrogen and oxygen atoms in total. The lowest BCUT2D eigenvalue weighted by molar-refractivity contribution is -0.131. The zero-order valence-electron chi connectivity index (χ0n) is 21.2. The average Bonchev–Trinajstić information content (AvgIpc) is 2.82. The highest BCUT2D eigenvalue weighted by Crippen LogP contribution is 2.43. The zero-order valence-corrected chi connectivity index (χ0v) is 23.4. The number of benzene rings is 3. The van der Waals surface area contributed by atoms with Crippen LogP contribution in [-0.2, 0) is 4.79 Å². The molecule has 0 aromatic heterocycles. The third-order valence-corrected chi connectivity index (χ3v) is 7.65. The molecule has 8 heteroatoms. The van der Waals surface area contributed by atoms with Gasteiger partial charge in [0.25, 0.3) is 0 Å². The van der Waals surface area contributed by atoms with Crippen molar-refractivity contribution in [3.8, 4) is 11.1 Å². The highest BCUT2D eigenvalue weighted by molar-refractivity contribution is 6.39. The van der Waals surface area contributed by atoms with E-state index in [1.54, 1.807) is 17.0 Å². The second-order valence-corrected chi connectivity index (χ2v) is 11.0. The summed E-state index contributed by atoms with van der Waals surface area (Å²) in [6, 6.07) is 13.6. The van der Waals surface area contributed by atoms with Gasteiger partial charge in [-0.15, -0.1) is 0 Å². The Labute approximate surface area is 233 Å². The van der Waals surface area contributed by atoms with Gasteiger partial charge in [-0.25, -0.2) is 0 Å². The molecule has 194 valence electrons. The van der Waals surface area contributed by atoms with Gasteiger partial charge in [0.05, 0.1) is 32.1 Å². The van der Waals surface area contributed by atoms with E-state index in [0.717, 1.165) is 28.2 Å². The number of likely N-dealkylation sites (tertiary alicyclic amines) is 1. The Kier molecular flexibility index (Phi) is 8.27. The summed E-state index contributed by atoms with van der Waals surface area (Å²) in [6.45, 7) is 12.1. The lowest BCUT2D eigenvalue weighted by Crippen LogP contribution is -2.51. The van der Waals surface area contributed by atoms with Crippen LogP contribution in [0.5, 0.6) is 0 Å². The molecule has 1 amide bonds. The zero-order chi connectivity index (χ0) is 26.9. The highest BCUT2D eigenvalue weighted by atomic mass is 35.5. The fraction of sp³-hybridized carbons (Fsp3) is 0.276. The maximum atomic E-state index is 11.8. The molecule has 0 atom stereocenters. The molecule has 1 aliphatic rings. The van der Waals surface area contributed by atoms with E-state index in [9.17, 15) is 4.79 Å². The summed E-state index contributed by atoms with van der Waals surface area (Å²) in [5.41, 5.74) is 13.1. The van der Waals surface area contributed by atoms with Gasteiger partial charge in [0.15, 0.2) is 0 Å². The van der Waals surface area contributed by atoms with Crippen LogP contribution in [0.4, 0.5) is 22.7 Å². The molecule has 3 aromatic carbocycles. The van der Waals surface area contributed by atoms with Crippen LogP contribution < -0.4 is 16.4 Å². The maximum absolute atomic E-state index is 11.8. The summed E-state index contributed by atoms with van der Waals surface area (Å²) in [5.74, 6) is 0.635. The largest absolute Gasteiger partial charge is 0.398 e. The second kappa shape index (κ2) is 11.3. The van der Waals surface area contributed by atoms with Gasteiger partial charge in [0.1, 0.15) is 0 Å². The maximum Gasteiger partial charge on any atom is 0.245 e. The Morgan fingerprint density at radius 3 is 2.43 bits per heavy atom. The highest BCUT2D eigenvalue weighted by Gasteiger charge is 2.29. The molecular formula is C29H31Cl3N4O. The van der Waals surface area contributed by atoms with Crippen LogP contribution in [0.3, 0.4) is 0 Å². The number of halogens is 3. The van der Waals surface area contributed by atoms with Gasteiger partial charge >= 0.3 is 0 Å². The van der Waals surface area contributed by atoms with E-state index in [1.165, 1.54) is 11.6 Å². The first-order chi connectivity index (χ1) is 17.6. The number of nitrogens with one attached hydrogen (secondary N) is 2. The number of nitrogens with zero attached hydrogens (tertiary/aromatic N) is 1. The fourth-order valence-electron chi connectivity index (χ4n) is 4.54. The Morgan fingerprint density at radius 1 is 1.08 bits per heavy atom. The predicted molar refractivity (Wildman–Crippen MR) is 159 cm³/mol. The summed E-state index contributed by atoms with van der Waals surface area (Å²) in [6.07, 6.45) is 1.35. The summed E-state index contributed by atoms with van der Waals surface area (Å²) in [7, 11) is 0. The Hall–Kier alpha value is -2.86. The van der Waals surface area contributed by atoms with Crippen molar-refractivity contribution in [2.75, 3.05) is 36.0 Å². The molecule has 3 aromatic rings. The van der Waals surface area contributed by atoms with Crippen molar-refractivity contribution in [1.29, 1.82) is 0 Å². The summed E-state index contributed by atoms with van der Waals surface area (Å²) < 4.78 is 0. The van der Waals surface area contributed by atoms with E-state index in [-0.39, 0.29) is 5.91 Å². The van der Waals surface area contributed by atoms with Crippen LogP contribution in [0.15, 0.2) is 55.1 Å². The number of amides is 1. The molecule has 4 N–H and O–H groups in total. The first-order valence-electron chi connectivity index (χ1n) is 12.2. The number of nitrogen functional groups attached to an aromatic ring is 1. The van der Waals surface area contributed by atoms with Crippen molar-refractivity contribution in [2.24, 2.45) is 5.92 Å². The Bertz CT molecular complexity index is 1350. The quantitative estimate of drug-likeness (QED) is 0.193. The minimum absolute atomic E-state index is 0.0362. The summed E-state index contributed by atoms with van der Waals surface area (Å²) in [5, 5.41) is 8.61. The van der Waals surface area contributed by atoms with Gasteiger partial charge in [0.2, 0.25) is 5.91 Å². The lowest BCUT2D eigenvalue weighted by atomic mass is 9.97. The van der Waals surface area contributed by atoms with Crippen molar-refractivity contribution in [3.05, 3.63) is 81.3 Å². The topological polar surface area (TPSA) is 70.4 Å². The molecule has 0 bridgehead atoms. The first kappa shape index (κ1) is 27.2. The van der Waals surface area contributed by atoms with Crippen molar-refractivity contribution < 1.29 is 4.79 Å². The Morgan fingerprint density at radius 2 is 1.76 bits per heavy atom. The van der Waals surface area contributed by atoms with Crippen LogP contribution in [0.25, 0.3) is 11.1 Å². The molecule has 4 rings (SSSR count). The third kappa shape index (κ3) is 5.85. The van der Waals surface area contributed by atoms with Crippen LogP contribution in [0.2, 0.25) is 15.1 Å². The van der Waals surface area contributed by atoms with Gasteiger partial charge in [-0.1, -0.05) is 73.4 Å². The lowest BCUT2D eigenvalue weighted by Gasteiger charge is -2.39. The van der Waals surface area contributed by atoms with E-state index >= 15 is 0 Å². The van der Waals surface area contributed by atoms with E-state index < -0.39 is 0 Å². The number of anilines is 4. The van der Waals surface area contributed by atoms with E-state index in [0.29, 0.717) is 57.8 Å². The van der Waals surface area contributed by atoms with Crippen LogP contribution in [0, 0.1) is 12.8 Å². The molecule has 1 saturated heterocycles. The number of para-hydroxylation sites is 1. The Balaban J connectivity index is 1.72. The van der Waals surface area contributed by atoms with Crippen LogP contribution >= 0.6 is 34.8 Å². The summed E-state index contributed by atoms with van der Waals surface area (Å²) in [4.78, 5) is 13.6. The van der Waals surface area contributed by atoms with Crippen molar-refractivity contribution >= 4 is 63.5 Å². The normalized spacial score (nSPS) is 13.4. The smallest absolute Gasteiger partial charge is 0.245 e. The molecule has 1 heterocycles. The predicted octanol–water partition coefficient (Wildman–Crippen LogP) is 8.13. The number of carbonyl (C=O) groups is 1. The van der Waals surface area contributed by atoms with E-state index in [2.05, 4.69) is 56.2 Å². The van der Waals surface area contributed by atoms with Crippen LogP contribution in [0.1, 0.15) is 30.9 Å². The monoisotopic (exact) mass is 556 g/mol. The molecular weight excluding hydrogens is 527 g/mol. The number of carbonyl (C=O) groups excluding carboxylic acids is 1. The molecule has 0 unspecified atom stereocenters. The average molecular weight is 558 g/mol. The fourth-order valence-corrected chi connectivity index (χ4v) is 5.29. The molecule has 37 heavy (non-hydrogen) atoms. The van der Waals surface area contributed by atoms with Crippen molar-refractivity contribution in [1.82, 2.24) is 4.90 Å². The van der Waals surface area contributed by atoms with Gasteiger partial charge in [-0.3, -0.25) is 4.79 Å². The number of aryl methyl sites for hydroxylation is 1. The molecule has 0 saturated carbocycles. The standard InChI is InChI=1S/C29H31Cl3N4O/c1-5-28(37)36-14-18(15-36)13-34-26-12-23(31)21(20-9-25(33)24(32)11-22(20)30)10-27(26)35-29-17(4)7-6-8-19(29)16(2)3/h5-12,16,18,34-35H,1,13-15,33H2,2-4H3. The molecule has 1 fully saturated rings. The van der Waals surface area contributed by atoms with Gasteiger partial charge in [0, 0.05) is 42.4 Å². The minimum atomic E-state index is -0.0362. The number of hydrogen-bond acceptors (Lipinski definition) is 4. The van der Waals surface area contributed by atoms with Gasteiger partial charge < -0.3 is 21.3 Å². The number of nitrogens with two attached hydrogens (primary N) is 1. The van der Waals surface area contributed by atoms with Crippen molar-refractivity contribution in [2.45, 2.75) is 26.7 Å². The van der Waals surface area contributed by atoms with Gasteiger partial charge in [-0.05, 0) is 54.3 Å².